The molecule has 1 aromatic heterocycles. The Morgan fingerprint density at radius 3 is 2.69 bits per heavy atom. The highest BCUT2D eigenvalue weighted by atomic mass is 16.2. The molecule has 0 saturated heterocycles. The molecule has 26 heavy (non-hydrogen) atoms. The molecule has 0 saturated carbocycles. The van der Waals surface area contributed by atoms with Crippen molar-refractivity contribution in [1.82, 2.24) is 15.2 Å². The van der Waals surface area contributed by atoms with E-state index in [-0.39, 0.29) is 17.7 Å². The lowest BCUT2D eigenvalue weighted by molar-refractivity contribution is -0.124. The maximum atomic E-state index is 11.9. The minimum Gasteiger partial charge on any atom is -0.354 e. The summed E-state index contributed by atoms with van der Waals surface area (Å²) < 4.78 is 2.03. The van der Waals surface area contributed by atoms with Crippen LogP contribution in [-0.4, -0.2) is 29.5 Å². The van der Waals surface area contributed by atoms with E-state index in [1.165, 1.54) is 6.08 Å². The molecule has 0 spiro atoms. The molecule has 136 valence electrons. The average Bonchev–Trinajstić information content (AvgIpc) is 2.99. The van der Waals surface area contributed by atoms with E-state index in [9.17, 15) is 9.59 Å². The summed E-state index contributed by atoms with van der Waals surface area (Å²) in [5, 5.41) is 15.3. The quantitative estimate of drug-likeness (QED) is 0.565. The first-order valence-electron chi connectivity index (χ1n) is 8.71. The Kier molecular flexibility index (Phi) is 6.98. The van der Waals surface area contributed by atoms with Gasteiger partial charge in [0.1, 0.15) is 0 Å². The van der Waals surface area contributed by atoms with Gasteiger partial charge in [0.15, 0.2) is 0 Å². The van der Waals surface area contributed by atoms with Gasteiger partial charge in [0, 0.05) is 54.3 Å². The fraction of sp³-hybridized carbons (Fsp3) is 0.350. The smallest absolute Gasteiger partial charge is 0.244 e. The molecule has 0 radical (unpaired) electrons. The zero-order valence-electron chi connectivity index (χ0n) is 15.2. The minimum atomic E-state index is -0.211. The summed E-state index contributed by atoms with van der Waals surface area (Å²) in [7, 11) is 0. The fourth-order valence-electron chi connectivity index (χ4n) is 2.56. The third kappa shape index (κ3) is 5.21. The number of amides is 2. The highest BCUT2D eigenvalue weighted by Gasteiger charge is 2.07. The molecule has 2 N–H and O–H groups in total. The van der Waals surface area contributed by atoms with Crippen LogP contribution in [0, 0.1) is 17.2 Å². The second-order valence-electron chi connectivity index (χ2n) is 6.27. The molecule has 0 aliphatic rings. The number of hydrogen-bond donors (Lipinski definition) is 2. The van der Waals surface area contributed by atoms with Crippen LogP contribution in [0.1, 0.15) is 25.8 Å². The highest BCUT2D eigenvalue weighted by molar-refractivity contribution is 5.96. The van der Waals surface area contributed by atoms with Crippen molar-refractivity contribution in [1.29, 1.82) is 5.26 Å². The molecule has 2 amide bonds. The molecule has 2 rings (SSSR count). The monoisotopic (exact) mass is 352 g/mol. The first kappa shape index (κ1) is 19.3. The predicted octanol–water partition coefficient (Wildman–Crippen LogP) is 2.46. The van der Waals surface area contributed by atoms with E-state index in [0.29, 0.717) is 26.1 Å². The number of carbonyl (C=O) groups excluding carboxylic acids is 2. The van der Waals surface area contributed by atoms with Gasteiger partial charge in [-0.15, -0.1) is 0 Å². The lowest BCUT2D eigenvalue weighted by Crippen LogP contribution is -2.35. The normalized spacial score (nSPS) is 11.0. The van der Waals surface area contributed by atoms with Gasteiger partial charge in [-0.2, -0.15) is 5.26 Å². The largest absolute Gasteiger partial charge is 0.354 e. The standard InChI is InChI=1S/C20H24N4O2/c1-15(2)20(26)23-12-11-22-19(25)9-8-16-14-24(13-5-10-21)18-7-4-3-6-17(16)18/h3-4,6-9,14-15H,5,11-13H2,1-2H3,(H,22,25)(H,23,26)/b9-8+. The molecule has 0 bridgehead atoms. The summed E-state index contributed by atoms with van der Waals surface area (Å²) in [5.74, 6) is -0.304. The van der Waals surface area contributed by atoms with E-state index < -0.39 is 0 Å². The van der Waals surface area contributed by atoms with Crippen molar-refractivity contribution in [3.63, 3.8) is 0 Å². The minimum absolute atomic E-state index is 0.0278. The van der Waals surface area contributed by atoms with Crippen LogP contribution in [0.25, 0.3) is 17.0 Å². The van der Waals surface area contributed by atoms with Crippen LogP contribution in [0.3, 0.4) is 0 Å². The van der Waals surface area contributed by atoms with Gasteiger partial charge in [-0.3, -0.25) is 9.59 Å². The second-order valence-corrected chi connectivity index (χ2v) is 6.27. The summed E-state index contributed by atoms with van der Waals surface area (Å²) in [6.45, 7) is 5.05. The lowest BCUT2D eigenvalue weighted by atomic mass is 10.1. The van der Waals surface area contributed by atoms with Gasteiger partial charge in [-0.1, -0.05) is 32.0 Å². The van der Waals surface area contributed by atoms with Crippen molar-refractivity contribution in [2.24, 2.45) is 5.92 Å². The maximum absolute atomic E-state index is 11.9. The summed E-state index contributed by atoms with van der Waals surface area (Å²) in [6, 6.07) is 10.1. The maximum Gasteiger partial charge on any atom is 0.244 e. The van der Waals surface area contributed by atoms with Gasteiger partial charge >= 0.3 is 0 Å². The Hall–Kier alpha value is -3.07. The Labute approximate surface area is 153 Å². The van der Waals surface area contributed by atoms with E-state index in [2.05, 4.69) is 16.7 Å². The molecule has 0 unspecified atom stereocenters. The molecule has 1 heterocycles. The van der Waals surface area contributed by atoms with Crippen LogP contribution in [0.5, 0.6) is 0 Å². The highest BCUT2D eigenvalue weighted by Crippen LogP contribution is 2.22. The number of para-hydroxylation sites is 1. The molecular formula is C20H24N4O2. The number of carbonyl (C=O) groups is 2. The number of nitrogens with zero attached hydrogens (tertiary/aromatic N) is 2. The number of nitrogens with one attached hydrogen (secondary N) is 2. The van der Waals surface area contributed by atoms with Crippen molar-refractivity contribution in [2.45, 2.75) is 26.8 Å². The summed E-state index contributed by atoms with van der Waals surface area (Å²) >= 11 is 0. The van der Waals surface area contributed by atoms with Crippen molar-refractivity contribution < 1.29 is 9.59 Å². The van der Waals surface area contributed by atoms with Crippen LogP contribution >= 0.6 is 0 Å². The third-order valence-electron chi connectivity index (χ3n) is 3.95. The summed E-state index contributed by atoms with van der Waals surface area (Å²) in [5.41, 5.74) is 1.97. The first-order chi connectivity index (χ1) is 12.5. The lowest BCUT2D eigenvalue weighted by Gasteiger charge is -2.07. The van der Waals surface area contributed by atoms with Gasteiger partial charge in [0.25, 0.3) is 0 Å². The van der Waals surface area contributed by atoms with E-state index in [0.717, 1.165) is 16.5 Å². The van der Waals surface area contributed by atoms with Crippen molar-refractivity contribution in [3.8, 4) is 6.07 Å². The molecule has 6 nitrogen and oxygen atoms in total. The van der Waals surface area contributed by atoms with E-state index in [1.807, 2.05) is 48.9 Å². The fourth-order valence-corrected chi connectivity index (χ4v) is 2.56. The number of hydrogen-bond acceptors (Lipinski definition) is 3. The average molecular weight is 352 g/mol. The van der Waals surface area contributed by atoms with Gasteiger partial charge < -0.3 is 15.2 Å². The van der Waals surface area contributed by atoms with Gasteiger partial charge in [-0.25, -0.2) is 0 Å². The van der Waals surface area contributed by atoms with Crippen LogP contribution in [0.15, 0.2) is 36.5 Å². The number of rotatable bonds is 8. The zero-order valence-corrected chi connectivity index (χ0v) is 15.2. The molecule has 6 heteroatoms. The van der Waals surface area contributed by atoms with E-state index in [1.54, 1.807) is 6.08 Å². The Morgan fingerprint density at radius 1 is 1.23 bits per heavy atom. The molecule has 0 aliphatic heterocycles. The summed E-state index contributed by atoms with van der Waals surface area (Å²) in [6.07, 6.45) is 5.65. The Balaban J connectivity index is 1.96. The molecule has 0 aliphatic carbocycles. The van der Waals surface area contributed by atoms with Crippen molar-refractivity contribution in [2.75, 3.05) is 13.1 Å². The molecule has 2 aromatic rings. The summed E-state index contributed by atoms with van der Waals surface area (Å²) in [4.78, 5) is 23.4. The number of nitriles is 1. The SMILES string of the molecule is CC(C)C(=O)NCCNC(=O)/C=C/c1cn(CCC#N)c2ccccc12. The molecule has 1 aromatic carbocycles. The molecule has 0 fully saturated rings. The first-order valence-corrected chi connectivity index (χ1v) is 8.71. The number of aryl methyl sites for hydroxylation is 1. The van der Waals surface area contributed by atoms with Crippen molar-refractivity contribution in [3.05, 3.63) is 42.1 Å². The second kappa shape index (κ2) is 9.42. The van der Waals surface area contributed by atoms with Crippen LogP contribution in [0.4, 0.5) is 0 Å². The number of fused-ring (bicyclic) bond motifs is 1. The third-order valence-corrected chi connectivity index (χ3v) is 3.95. The van der Waals surface area contributed by atoms with E-state index in [4.69, 9.17) is 5.26 Å². The zero-order chi connectivity index (χ0) is 18.9. The molecular weight excluding hydrogens is 328 g/mol. The van der Waals surface area contributed by atoms with Gasteiger partial charge in [0.05, 0.1) is 12.5 Å². The van der Waals surface area contributed by atoms with Gasteiger partial charge in [0.2, 0.25) is 11.8 Å². The van der Waals surface area contributed by atoms with Crippen molar-refractivity contribution >= 4 is 28.8 Å². The topological polar surface area (TPSA) is 86.9 Å². The number of aromatic nitrogens is 1. The Morgan fingerprint density at radius 2 is 1.96 bits per heavy atom. The van der Waals surface area contributed by atoms with Crippen LogP contribution < -0.4 is 10.6 Å². The van der Waals surface area contributed by atoms with Crippen LogP contribution in [0.2, 0.25) is 0 Å². The Bertz CT molecular complexity index is 843. The molecule has 0 atom stereocenters. The van der Waals surface area contributed by atoms with Gasteiger partial charge in [-0.05, 0) is 12.1 Å². The number of benzene rings is 1. The van der Waals surface area contributed by atoms with E-state index >= 15 is 0 Å². The van der Waals surface area contributed by atoms with Crippen LogP contribution in [-0.2, 0) is 16.1 Å². The predicted molar refractivity (Wildman–Crippen MR) is 102 cm³/mol.